The predicted octanol–water partition coefficient (Wildman–Crippen LogP) is 4.14. The number of hydrogen-bond donors (Lipinski definition) is 2. The van der Waals surface area contributed by atoms with Crippen molar-refractivity contribution in [1.82, 2.24) is 15.6 Å². The van der Waals surface area contributed by atoms with Crippen molar-refractivity contribution in [3.8, 4) is 5.75 Å². The van der Waals surface area contributed by atoms with E-state index >= 15 is 0 Å². The zero-order valence-electron chi connectivity index (χ0n) is 15.2. The SMILES string of the molecule is CN=C(NCCOc1cccc(C(F)(F)F)c1)NCc1sc(C)nc1C.I. The number of aromatic nitrogens is 1. The van der Waals surface area contributed by atoms with Crippen LogP contribution < -0.4 is 15.4 Å². The number of halogens is 4. The van der Waals surface area contributed by atoms with Crippen LogP contribution in [-0.2, 0) is 12.7 Å². The monoisotopic (exact) mass is 514 g/mol. The molecule has 10 heteroatoms. The fourth-order valence-corrected chi connectivity index (χ4v) is 3.10. The first-order valence-electron chi connectivity index (χ1n) is 7.97. The molecule has 0 atom stereocenters. The maximum Gasteiger partial charge on any atom is 0.416 e. The number of aryl methyl sites for hydroxylation is 2. The fraction of sp³-hybridized carbons (Fsp3) is 0.412. The second-order valence-corrected chi connectivity index (χ2v) is 6.76. The van der Waals surface area contributed by atoms with Gasteiger partial charge in [0.2, 0.25) is 0 Å². The van der Waals surface area contributed by atoms with E-state index in [1.54, 1.807) is 18.4 Å². The maximum absolute atomic E-state index is 12.7. The molecule has 2 rings (SSSR count). The highest BCUT2D eigenvalue weighted by Gasteiger charge is 2.30. The topological polar surface area (TPSA) is 58.5 Å². The molecule has 0 fully saturated rings. The predicted molar refractivity (Wildman–Crippen MR) is 112 cm³/mol. The first-order valence-corrected chi connectivity index (χ1v) is 8.78. The van der Waals surface area contributed by atoms with Crippen LogP contribution in [0.1, 0.15) is 21.1 Å². The van der Waals surface area contributed by atoms with Crippen molar-refractivity contribution >= 4 is 41.3 Å². The second kappa shape index (κ2) is 10.7. The molecule has 0 bridgehead atoms. The molecule has 0 amide bonds. The molecular weight excluding hydrogens is 492 g/mol. The summed E-state index contributed by atoms with van der Waals surface area (Å²) in [5, 5.41) is 7.24. The molecule has 2 aromatic rings. The van der Waals surface area contributed by atoms with E-state index in [9.17, 15) is 13.2 Å². The molecule has 27 heavy (non-hydrogen) atoms. The Morgan fingerprint density at radius 2 is 2.00 bits per heavy atom. The van der Waals surface area contributed by atoms with Crippen LogP contribution in [0.2, 0.25) is 0 Å². The second-order valence-electron chi connectivity index (χ2n) is 5.47. The first kappa shape index (κ1) is 23.5. The van der Waals surface area contributed by atoms with Gasteiger partial charge >= 0.3 is 6.18 Å². The molecule has 0 saturated heterocycles. The van der Waals surface area contributed by atoms with Gasteiger partial charge in [-0.2, -0.15) is 13.2 Å². The molecular formula is C17H22F3IN4OS. The number of alkyl halides is 3. The van der Waals surface area contributed by atoms with Gasteiger partial charge in [0.1, 0.15) is 12.4 Å². The third-order valence-corrected chi connectivity index (χ3v) is 4.54. The summed E-state index contributed by atoms with van der Waals surface area (Å²) in [6.45, 7) is 5.13. The van der Waals surface area contributed by atoms with Gasteiger partial charge in [0.15, 0.2) is 5.96 Å². The van der Waals surface area contributed by atoms with Gasteiger partial charge in [-0.25, -0.2) is 4.98 Å². The molecule has 0 radical (unpaired) electrons. The molecule has 150 valence electrons. The Hall–Kier alpha value is -1.56. The Kier molecular flexibility index (Phi) is 9.30. The third-order valence-electron chi connectivity index (χ3n) is 3.46. The van der Waals surface area contributed by atoms with Gasteiger partial charge in [-0.1, -0.05) is 6.07 Å². The van der Waals surface area contributed by atoms with Crippen LogP contribution in [0.25, 0.3) is 0 Å². The smallest absolute Gasteiger partial charge is 0.416 e. The van der Waals surface area contributed by atoms with Crippen molar-refractivity contribution in [2.24, 2.45) is 4.99 Å². The summed E-state index contributed by atoms with van der Waals surface area (Å²) in [6, 6.07) is 4.82. The van der Waals surface area contributed by atoms with Crippen LogP contribution in [0, 0.1) is 13.8 Å². The summed E-state index contributed by atoms with van der Waals surface area (Å²) < 4.78 is 43.4. The quantitative estimate of drug-likeness (QED) is 0.264. The number of ether oxygens (including phenoxy) is 1. The Balaban J connectivity index is 0.00000364. The van der Waals surface area contributed by atoms with Gasteiger partial charge < -0.3 is 15.4 Å². The maximum atomic E-state index is 12.7. The van der Waals surface area contributed by atoms with Crippen molar-refractivity contribution in [2.45, 2.75) is 26.6 Å². The molecule has 1 aromatic heterocycles. The van der Waals surface area contributed by atoms with Crippen molar-refractivity contribution in [1.29, 1.82) is 0 Å². The van der Waals surface area contributed by atoms with Gasteiger partial charge in [0.25, 0.3) is 0 Å². The van der Waals surface area contributed by atoms with E-state index in [2.05, 4.69) is 20.6 Å². The highest BCUT2D eigenvalue weighted by Crippen LogP contribution is 2.31. The summed E-state index contributed by atoms with van der Waals surface area (Å²) in [4.78, 5) is 9.60. The summed E-state index contributed by atoms with van der Waals surface area (Å²) in [7, 11) is 1.65. The lowest BCUT2D eigenvalue weighted by Crippen LogP contribution is -2.38. The van der Waals surface area contributed by atoms with Crippen molar-refractivity contribution in [2.75, 3.05) is 20.2 Å². The number of aliphatic imine (C=N–C) groups is 1. The van der Waals surface area contributed by atoms with E-state index in [-0.39, 0.29) is 36.3 Å². The lowest BCUT2D eigenvalue weighted by Gasteiger charge is -2.13. The summed E-state index contributed by atoms with van der Waals surface area (Å²) in [5.41, 5.74) is 0.263. The van der Waals surface area contributed by atoms with Gasteiger partial charge in [0, 0.05) is 11.9 Å². The zero-order valence-corrected chi connectivity index (χ0v) is 18.3. The van der Waals surface area contributed by atoms with E-state index in [1.807, 2.05) is 13.8 Å². The minimum atomic E-state index is -4.38. The first-order chi connectivity index (χ1) is 12.3. The Bertz CT molecular complexity index is 765. The highest BCUT2D eigenvalue weighted by molar-refractivity contribution is 14.0. The van der Waals surface area contributed by atoms with Gasteiger partial charge in [-0.3, -0.25) is 4.99 Å². The fourth-order valence-electron chi connectivity index (χ4n) is 2.22. The molecule has 2 N–H and O–H groups in total. The lowest BCUT2D eigenvalue weighted by molar-refractivity contribution is -0.137. The van der Waals surface area contributed by atoms with Gasteiger partial charge in [0.05, 0.1) is 29.4 Å². The molecule has 0 aliphatic rings. The van der Waals surface area contributed by atoms with Gasteiger partial charge in [-0.05, 0) is 32.0 Å². The van der Waals surface area contributed by atoms with Crippen molar-refractivity contribution < 1.29 is 17.9 Å². The normalized spacial score (nSPS) is 11.7. The minimum absolute atomic E-state index is 0. The van der Waals surface area contributed by atoms with Gasteiger partial charge in [-0.15, -0.1) is 35.3 Å². The summed E-state index contributed by atoms with van der Waals surface area (Å²) >= 11 is 1.62. The molecule has 1 aromatic carbocycles. The number of hydrogen-bond acceptors (Lipinski definition) is 4. The van der Waals surface area contributed by atoms with E-state index in [0.717, 1.165) is 27.7 Å². The Morgan fingerprint density at radius 3 is 2.59 bits per heavy atom. The Morgan fingerprint density at radius 1 is 1.26 bits per heavy atom. The molecule has 1 heterocycles. The number of thiazole rings is 1. The van der Waals surface area contributed by atoms with Crippen LogP contribution in [0.15, 0.2) is 29.3 Å². The summed E-state index contributed by atoms with van der Waals surface area (Å²) in [5.74, 6) is 0.767. The van der Waals surface area contributed by atoms with E-state index in [0.29, 0.717) is 19.0 Å². The number of benzene rings is 1. The van der Waals surface area contributed by atoms with E-state index in [1.165, 1.54) is 12.1 Å². The van der Waals surface area contributed by atoms with Crippen LogP contribution in [-0.4, -0.2) is 31.1 Å². The van der Waals surface area contributed by atoms with E-state index < -0.39 is 11.7 Å². The van der Waals surface area contributed by atoms with Crippen LogP contribution in [0.4, 0.5) is 13.2 Å². The molecule has 0 aliphatic carbocycles. The van der Waals surface area contributed by atoms with Crippen LogP contribution in [0.3, 0.4) is 0 Å². The molecule has 0 aliphatic heterocycles. The lowest BCUT2D eigenvalue weighted by atomic mass is 10.2. The summed E-state index contributed by atoms with van der Waals surface area (Å²) in [6.07, 6.45) is -4.38. The van der Waals surface area contributed by atoms with Crippen molar-refractivity contribution in [3.63, 3.8) is 0 Å². The van der Waals surface area contributed by atoms with Crippen LogP contribution in [0.5, 0.6) is 5.75 Å². The molecule has 0 spiro atoms. The van der Waals surface area contributed by atoms with Crippen molar-refractivity contribution in [3.05, 3.63) is 45.4 Å². The number of nitrogens with one attached hydrogen (secondary N) is 2. The molecule has 5 nitrogen and oxygen atoms in total. The standard InChI is InChI=1S/C17H21F3N4OS.HI/c1-11-15(26-12(2)24-11)10-23-16(21-3)22-7-8-25-14-6-4-5-13(9-14)17(18,19)20;/h4-6,9H,7-8,10H2,1-3H3,(H2,21,22,23);1H. The average molecular weight is 514 g/mol. The average Bonchev–Trinajstić information content (AvgIpc) is 2.91. The minimum Gasteiger partial charge on any atom is -0.492 e. The Labute approximate surface area is 177 Å². The number of rotatable bonds is 6. The zero-order chi connectivity index (χ0) is 19.2. The van der Waals surface area contributed by atoms with E-state index in [4.69, 9.17) is 4.74 Å². The largest absolute Gasteiger partial charge is 0.492 e. The number of guanidine groups is 1. The number of nitrogens with zero attached hydrogens (tertiary/aromatic N) is 2. The highest BCUT2D eigenvalue weighted by atomic mass is 127. The molecule has 0 saturated carbocycles. The van der Waals surface area contributed by atoms with Crippen LogP contribution >= 0.6 is 35.3 Å². The molecule has 0 unspecified atom stereocenters. The third kappa shape index (κ3) is 7.53.